The lowest BCUT2D eigenvalue weighted by atomic mass is 10.2. The van der Waals surface area contributed by atoms with Crippen molar-refractivity contribution in [3.63, 3.8) is 0 Å². The minimum atomic E-state index is -0.462. The van der Waals surface area contributed by atoms with Crippen molar-refractivity contribution in [1.82, 2.24) is 0 Å². The molecule has 0 spiro atoms. The first-order chi connectivity index (χ1) is 13.1. The standard InChI is InChI=1S/C20H16FN3O3/c21-19-7-3-1-6-16(19)14-27-20-8-4-2-5-15(20)13-22-23-17-9-11-18(12-10-17)24(25)26/h1-13,23H,14H2/b22-13+. The minimum Gasteiger partial charge on any atom is -0.488 e. The van der Waals surface area contributed by atoms with Crippen LogP contribution in [-0.4, -0.2) is 11.1 Å². The number of hydrogen-bond acceptors (Lipinski definition) is 5. The normalized spacial score (nSPS) is 10.7. The van der Waals surface area contributed by atoms with Gasteiger partial charge < -0.3 is 4.74 Å². The van der Waals surface area contributed by atoms with E-state index in [1.165, 1.54) is 18.2 Å². The molecule has 0 aliphatic carbocycles. The lowest BCUT2D eigenvalue weighted by molar-refractivity contribution is -0.384. The first kappa shape index (κ1) is 18.1. The van der Waals surface area contributed by atoms with Gasteiger partial charge in [0.1, 0.15) is 18.2 Å². The average Bonchev–Trinajstić information content (AvgIpc) is 2.69. The molecule has 0 fully saturated rings. The number of rotatable bonds is 7. The molecule has 0 aliphatic heterocycles. The van der Waals surface area contributed by atoms with Crippen molar-refractivity contribution in [2.75, 3.05) is 5.43 Å². The van der Waals surface area contributed by atoms with Gasteiger partial charge in [-0.2, -0.15) is 5.10 Å². The lowest BCUT2D eigenvalue weighted by Crippen LogP contribution is -2.01. The number of para-hydroxylation sites is 1. The average molecular weight is 365 g/mol. The van der Waals surface area contributed by atoms with Crippen LogP contribution in [0, 0.1) is 15.9 Å². The van der Waals surface area contributed by atoms with Crippen LogP contribution in [-0.2, 0) is 6.61 Å². The van der Waals surface area contributed by atoms with E-state index >= 15 is 0 Å². The molecular formula is C20H16FN3O3. The third kappa shape index (κ3) is 4.88. The Balaban J connectivity index is 1.65. The van der Waals surface area contributed by atoms with Crippen LogP contribution >= 0.6 is 0 Å². The number of anilines is 1. The summed E-state index contributed by atoms with van der Waals surface area (Å²) in [5, 5.41) is 14.8. The fourth-order valence-corrected chi connectivity index (χ4v) is 2.32. The van der Waals surface area contributed by atoms with Gasteiger partial charge in [0.15, 0.2) is 0 Å². The largest absolute Gasteiger partial charge is 0.488 e. The molecule has 0 radical (unpaired) electrons. The monoisotopic (exact) mass is 365 g/mol. The Morgan fingerprint density at radius 3 is 2.48 bits per heavy atom. The van der Waals surface area contributed by atoms with E-state index in [0.29, 0.717) is 22.6 Å². The van der Waals surface area contributed by atoms with Crippen molar-refractivity contribution in [2.24, 2.45) is 5.10 Å². The van der Waals surface area contributed by atoms with E-state index in [1.54, 1.807) is 42.6 Å². The van der Waals surface area contributed by atoms with Gasteiger partial charge in [-0.15, -0.1) is 0 Å². The van der Waals surface area contributed by atoms with E-state index in [-0.39, 0.29) is 18.1 Å². The predicted molar refractivity (Wildman–Crippen MR) is 101 cm³/mol. The van der Waals surface area contributed by atoms with Crippen molar-refractivity contribution in [3.05, 3.63) is 99.9 Å². The van der Waals surface area contributed by atoms with Crippen LogP contribution in [0.5, 0.6) is 5.75 Å². The minimum absolute atomic E-state index is 0.0106. The Morgan fingerprint density at radius 2 is 1.74 bits per heavy atom. The van der Waals surface area contributed by atoms with E-state index in [1.807, 2.05) is 18.2 Å². The number of nitrogens with one attached hydrogen (secondary N) is 1. The quantitative estimate of drug-likeness (QED) is 0.372. The fraction of sp³-hybridized carbons (Fsp3) is 0.0500. The molecule has 0 aliphatic rings. The number of hydrazone groups is 1. The molecule has 27 heavy (non-hydrogen) atoms. The second kappa shape index (κ2) is 8.57. The highest BCUT2D eigenvalue weighted by atomic mass is 19.1. The highest BCUT2D eigenvalue weighted by Gasteiger charge is 2.05. The molecule has 7 heteroatoms. The predicted octanol–water partition coefficient (Wildman–Crippen LogP) is 4.76. The maximum atomic E-state index is 13.7. The van der Waals surface area contributed by atoms with E-state index < -0.39 is 4.92 Å². The summed E-state index contributed by atoms with van der Waals surface area (Å²) in [5.74, 6) is 0.249. The summed E-state index contributed by atoms with van der Waals surface area (Å²) in [6.45, 7) is 0.104. The van der Waals surface area contributed by atoms with Gasteiger partial charge in [-0.1, -0.05) is 30.3 Å². The van der Waals surface area contributed by atoms with E-state index in [2.05, 4.69) is 10.5 Å². The van der Waals surface area contributed by atoms with Crippen LogP contribution in [0.1, 0.15) is 11.1 Å². The molecule has 0 amide bonds. The second-order valence-electron chi connectivity index (χ2n) is 5.59. The molecule has 3 aromatic carbocycles. The molecular weight excluding hydrogens is 349 g/mol. The maximum absolute atomic E-state index is 13.7. The summed E-state index contributed by atoms with van der Waals surface area (Å²) >= 11 is 0. The Kier molecular flexibility index (Phi) is 5.73. The Bertz CT molecular complexity index is 959. The molecule has 1 N–H and O–H groups in total. The van der Waals surface area contributed by atoms with Crippen LogP contribution in [0.2, 0.25) is 0 Å². The smallest absolute Gasteiger partial charge is 0.269 e. The second-order valence-corrected chi connectivity index (χ2v) is 5.59. The molecule has 3 aromatic rings. The molecule has 0 aromatic heterocycles. The summed E-state index contributed by atoms with van der Waals surface area (Å²) in [4.78, 5) is 10.2. The number of benzene rings is 3. The van der Waals surface area contributed by atoms with Crippen LogP contribution in [0.3, 0.4) is 0 Å². The van der Waals surface area contributed by atoms with E-state index in [4.69, 9.17) is 4.74 Å². The zero-order valence-electron chi connectivity index (χ0n) is 14.2. The van der Waals surface area contributed by atoms with Crippen LogP contribution in [0.25, 0.3) is 0 Å². The number of halogens is 1. The maximum Gasteiger partial charge on any atom is 0.269 e. The molecule has 0 atom stereocenters. The molecule has 0 heterocycles. The number of nitro groups is 1. The summed E-state index contributed by atoms with van der Waals surface area (Å²) in [6, 6.07) is 19.6. The summed E-state index contributed by atoms with van der Waals surface area (Å²) in [6.07, 6.45) is 1.57. The van der Waals surface area contributed by atoms with Crippen molar-refractivity contribution < 1.29 is 14.1 Å². The molecule has 3 rings (SSSR count). The van der Waals surface area contributed by atoms with Gasteiger partial charge in [-0.05, 0) is 30.3 Å². The first-order valence-electron chi connectivity index (χ1n) is 8.12. The highest BCUT2D eigenvalue weighted by molar-refractivity contribution is 5.84. The number of ether oxygens (including phenoxy) is 1. The fourth-order valence-electron chi connectivity index (χ4n) is 2.32. The lowest BCUT2D eigenvalue weighted by Gasteiger charge is -2.09. The third-order valence-electron chi connectivity index (χ3n) is 3.74. The molecule has 0 unspecified atom stereocenters. The van der Waals surface area contributed by atoms with Gasteiger partial charge in [0.2, 0.25) is 0 Å². The van der Waals surface area contributed by atoms with Gasteiger partial charge >= 0.3 is 0 Å². The summed E-state index contributed by atoms with van der Waals surface area (Å²) < 4.78 is 19.4. The van der Waals surface area contributed by atoms with Gasteiger partial charge in [0, 0.05) is 23.3 Å². The molecule has 136 valence electrons. The molecule has 0 saturated heterocycles. The van der Waals surface area contributed by atoms with Crippen molar-refractivity contribution in [1.29, 1.82) is 0 Å². The number of non-ortho nitro benzene ring substituents is 1. The topological polar surface area (TPSA) is 76.8 Å². The summed E-state index contributed by atoms with van der Waals surface area (Å²) in [5.41, 5.74) is 4.60. The zero-order chi connectivity index (χ0) is 19.1. The Hall–Kier alpha value is -3.74. The van der Waals surface area contributed by atoms with Crippen LogP contribution in [0.4, 0.5) is 15.8 Å². The number of nitrogens with zero attached hydrogens (tertiary/aromatic N) is 2. The van der Waals surface area contributed by atoms with E-state index in [9.17, 15) is 14.5 Å². The van der Waals surface area contributed by atoms with Crippen molar-refractivity contribution in [3.8, 4) is 5.75 Å². The highest BCUT2D eigenvalue weighted by Crippen LogP contribution is 2.19. The first-order valence-corrected chi connectivity index (χ1v) is 8.12. The molecule has 6 nitrogen and oxygen atoms in total. The van der Waals surface area contributed by atoms with Gasteiger partial charge in [0.05, 0.1) is 16.8 Å². The number of nitro benzene ring substituents is 1. The van der Waals surface area contributed by atoms with Gasteiger partial charge in [0.25, 0.3) is 5.69 Å². The Morgan fingerprint density at radius 1 is 1.04 bits per heavy atom. The van der Waals surface area contributed by atoms with Crippen molar-refractivity contribution >= 4 is 17.6 Å². The SMILES string of the molecule is O=[N+]([O-])c1ccc(N/N=C/c2ccccc2OCc2ccccc2F)cc1. The Labute approximate surface area is 155 Å². The van der Waals surface area contributed by atoms with Crippen molar-refractivity contribution in [2.45, 2.75) is 6.61 Å². The molecule has 0 saturated carbocycles. The molecule has 0 bridgehead atoms. The van der Waals surface area contributed by atoms with Gasteiger partial charge in [-0.25, -0.2) is 4.39 Å². The van der Waals surface area contributed by atoms with Crippen LogP contribution < -0.4 is 10.2 Å². The van der Waals surface area contributed by atoms with E-state index in [0.717, 1.165) is 0 Å². The van der Waals surface area contributed by atoms with Crippen LogP contribution in [0.15, 0.2) is 77.9 Å². The number of hydrogen-bond donors (Lipinski definition) is 1. The third-order valence-corrected chi connectivity index (χ3v) is 3.74. The van der Waals surface area contributed by atoms with Gasteiger partial charge in [-0.3, -0.25) is 15.5 Å². The zero-order valence-corrected chi connectivity index (χ0v) is 14.2. The summed E-state index contributed by atoms with van der Waals surface area (Å²) in [7, 11) is 0.